The van der Waals surface area contributed by atoms with Crippen molar-refractivity contribution in [3.8, 4) is 0 Å². The van der Waals surface area contributed by atoms with Crippen LogP contribution in [-0.4, -0.2) is 48.5 Å². The molecule has 0 aliphatic heterocycles. The minimum atomic E-state index is -1.06. The number of carboxylic acids is 1. The first kappa shape index (κ1) is 14.2. The minimum absolute atomic E-state index is 0.00402. The number of hydrogen-bond acceptors (Lipinski definition) is 5. The van der Waals surface area contributed by atoms with Gasteiger partial charge in [0.05, 0.1) is 11.2 Å². The van der Waals surface area contributed by atoms with Crippen molar-refractivity contribution >= 4 is 22.6 Å². The van der Waals surface area contributed by atoms with Crippen LogP contribution in [0.5, 0.6) is 0 Å². The first-order valence-corrected chi connectivity index (χ1v) is 6.49. The summed E-state index contributed by atoms with van der Waals surface area (Å²) in [6.45, 7) is 1.62. The number of aromatic nitrogens is 2. The molecule has 106 valence electrons. The SMILES string of the molecule is CNCCCN(C)c1c(C(=O)O)nnc2ccccc12. The van der Waals surface area contributed by atoms with E-state index in [1.54, 1.807) is 0 Å². The van der Waals surface area contributed by atoms with Gasteiger partial charge < -0.3 is 15.3 Å². The molecule has 2 aromatic rings. The second-order valence-electron chi connectivity index (χ2n) is 4.60. The number of rotatable bonds is 6. The van der Waals surface area contributed by atoms with Crippen LogP contribution in [0.2, 0.25) is 0 Å². The molecule has 2 rings (SSSR count). The molecule has 0 unspecified atom stereocenters. The summed E-state index contributed by atoms with van der Waals surface area (Å²) in [4.78, 5) is 13.3. The number of nitrogens with zero attached hydrogens (tertiary/aromatic N) is 3. The highest BCUT2D eigenvalue weighted by Gasteiger charge is 2.19. The number of carboxylic acid groups (broad SMARTS) is 1. The van der Waals surface area contributed by atoms with Crippen molar-refractivity contribution < 1.29 is 9.90 Å². The van der Waals surface area contributed by atoms with E-state index in [4.69, 9.17) is 0 Å². The van der Waals surface area contributed by atoms with E-state index >= 15 is 0 Å². The number of aromatic carboxylic acids is 1. The van der Waals surface area contributed by atoms with Crippen molar-refractivity contribution in [2.75, 3.05) is 32.1 Å². The molecule has 6 heteroatoms. The zero-order chi connectivity index (χ0) is 14.5. The smallest absolute Gasteiger partial charge is 0.358 e. The van der Waals surface area contributed by atoms with E-state index in [9.17, 15) is 9.90 Å². The summed E-state index contributed by atoms with van der Waals surface area (Å²) < 4.78 is 0. The first-order valence-electron chi connectivity index (χ1n) is 6.49. The predicted octanol–water partition coefficient (Wildman–Crippen LogP) is 1.37. The molecule has 6 nitrogen and oxygen atoms in total. The van der Waals surface area contributed by atoms with Gasteiger partial charge in [0.15, 0.2) is 5.69 Å². The fourth-order valence-electron chi connectivity index (χ4n) is 2.18. The van der Waals surface area contributed by atoms with Crippen molar-refractivity contribution in [3.63, 3.8) is 0 Å². The van der Waals surface area contributed by atoms with Gasteiger partial charge in [-0.05, 0) is 26.1 Å². The highest BCUT2D eigenvalue weighted by Crippen LogP contribution is 2.27. The lowest BCUT2D eigenvalue weighted by Gasteiger charge is -2.22. The lowest BCUT2D eigenvalue weighted by atomic mass is 10.1. The summed E-state index contributed by atoms with van der Waals surface area (Å²) in [7, 11) is 3.78. The average molecular weight is 274 g/mol. The molecular weight excluding hydrogens is 256 g/mol. The maximum Gasteiger partial charge on any atom is 0.358 e. The van der Waals surface area contributed by atoms with Crippen molar-refractivity contribution in [2.45, 2.75) is 6.42 Å². The summed E-state index contributed by atoms with van der Waals surface area (Å²) >= 11 is 0. The molecule has 0 saturated carbocycles. The summed E-state index contributed by atoms with van der Waals surface area (Å²) in [6, 6.07) is 7.45. The van der Waals surface area contributed by atoms with Crippen LogP contribution >= 0.6 is 0 Å². The second kappa shape index (κ2) is 6.29. The molecule has 0 saturated heterocycles. The van der Waals surface area contributed by atoms with E-state index in [1.807, 2.05) is 43.3 Å². The highest BCUT2D eigenvalue weighted by atomic mass is 16.4. The standard InChI is InChI=1S/C14H18N4O2/c1-15-8-5-9-18(2)13-10-6-3-4-7-11(10)16-17-12(13)14(19)20/h3-4,6-7,15H,5,8-9H2,1-2H3,(H,19,20). The Morgan fingerprint density at radius 3 is 2.80 bits per heavy atom. The van der Waals surface area contributed by atoms with Gasteiger partial charge in [-0.25, -0.2) is 4.79 Å². The Labute approximate surface area is 117 Å². The molecule has 0 spiro atoms. The van der Waals surface area contributed by atoms with Crippen molar-refractivity contribution in [3.05, 3.63) is 30.0 Å². The van der Waals surface area contributed by atoms with Gasteiger partial charge in [-0.3, -0.25) is 0 Å². The number of carbonyl (C=O) groups is 1. The van der Waals surface area contributed by atoms with Gasteiger partial charge >= 0.3 is 5.97 Å². The van der Waals surface area contributed by atoms with E-state index in [-0.39, 0.29) is 5.69 Å². The predicted molar refractivity (Wildman–Crippen MR) is 78.3 cm³/mol. The largest absolute Gasteiger partial charge is 0.476 e. The highest BCUT2D eigenvalue weighted by molar-refractivity contribution is 6.02. The molecule has 0 bridgehead atoms. The molecule has 1 heterocycles. The van der Waals surface area contributed by atoms with E-state index in [0.29, 0.717) is 11.2 Å². The van der Waals surface area contributed by atoms with Gasteiger partial charge in [0.25, 0.3) is 0 Å². The lowest BCUT2D eigenvalue weighted by Crippen LogP contribution is -2.25. The molecule has 0 aliphatic carbocycles. The van der Waals surface area contributed by atoms with Gasteiger partial charge in [0, 0.05) is 19.0 Å². The van der Waals surface area contributed by atoms with E-state index < -0.39 is 5.97 Å². The van der Waals surface area contributed by atoms with Crippen molar-refractivity contribution in [1.82, 2.24) is 15.5 Å². The molecule has 0 aliphatic rings. The maximum absolute atomic E-state index is 11.4. The lowest BCUT2D eigenvalue weighted by molar-refractivity contribution is 0.0690. The molecule has 0 amide bonds. The molecule has 1 aromatic carbocycles. The summed E-state index contributed by atoms with van der Waals surface area (Å²) in [5, 5.41) is 21.0. The van der Waals surface area contributed by atoms with Gasteiger partial charge in [-0.1, -0.05) is 18.2 Å². The quantitative estimate of drug-likeness (QED) is 0.775. The normalized spacial score (nSPS) is 10.7. The molecule has 0 radical (unpaired) electrons. The number of fused-ring (bicyclic) bond motifs is 1. The Bertz CT molecular complexity index is 615. The van der Waals surface area contributed by atoms with Crippen LogP contribution in [0.15, 0.2) is 24.3 Å². The van der Waals surface area contributed by atoms with Crippen LogP contribution in [0.4, 0.5) is 5.69 Å². The molecule has 0 atom stereocenters. The second-order valence-corrected chi connectivity index (χ2v) is 4.60. The fraction of sp³-hybridized carbons (Fsp3) is 0.357. The fourth-order valence-corrected chi connectivity index (χ4v) is 2.18. The summed E-state index contributed by atoms with van der Waals surface area (Å²) in [5.41, 5.74) is 1.32. The van der Waals surface area contributed by atoms with Gasteiger partial charge in [-0.15, -0.1) is 10.2 Å². The van der Waals surface area contributed by atoms with Gasteiger partial charge in [0.1, 0.15) is 0 Å². The van der Waals surface area contributed by atoms with Gasteiger partial charge in [-0.2, -0.15) is 0 Å². The Morgan fingerprint density at radius 2 is 2.10 bits per heavy atom. The summed E-state index contributed by atoms with van der Waals surface area (Å²) in [5.74, 6) is -1.06. The van der Waals surface area contributed by atoms with Crippen LogP contribution in [0.3, 0.4) is 0 Å². The van der Waals surface area contributed by atoms with Crippen LogP contribution < -0.4 is 10.2 Å². The minimum Gasteiger partial charge on any atom is -0.476 e. The Hall–Kier alpha value is -2.21. The van der Waals surface area contributed by atoms with E-state index in [1.165, 1.54) is 0 Å². The zero-order valence-electron chi connectivity index (χ0n) is 11.6. The number of nitrogens with one attached hydrogen (secondary N) is 1. The Balaban J connectivity index is 2.46. The van der Waals surface area contributed by atoms with Crippen LogP contribution in [-0.2, 0) is 0 Å². The van der Waals surface area contributed by atoms with Crippen LogP contribution in [0.25, 0.3) is 10.9 Å². The zero-order valence-corrected chi connectivity index (χ0v) is 11.6. The third-order valence-corrected chi connectivity index (χ3v) is 3.15. The molecule has 1 aromatic heterocycles. The van der Waals surface area contributed by atoms with Crippen LogP contribution in [0.1, 0.15) is 16.9 Å². The molecular formula is C14H18N4O2. The first-order chi connectivity index (χ1) is 9.65. The Kier molecular flexibility index (Phi) is 4.47. The molecule has 20 heavy (non-hydrogen) atoms. The maximum atomic E-state index is 11.4. The number of anilines is 1. The van der Waals surface area contributed by atoms with Crippen LogP contribution in [0, 0.1) is 0 Å². The molecule has 0 fully saturated rings. The Morgan fingerprint density at radius 1 is 1.35 bits per heavy atom. The number of hydrogen-bond donors (Lipinski definition) is 2. The van der Waals surface area contributed by atoms with Crippen molar-refractivity contribution in [1.29, 1.82) is 0 Å². The molecule has 2 N–H and O–H groups in total. The van der Waals surface area contributed by atoms with E-state index in [2.05, 4.69) is 15.5 Å². The van der Waals surface area contributed by atoms with Gasteiger partial charge in [0.2, 0.25) is 0 Å². The number of benzene rings is 1. The van der Waals surface area contributed by atoms with Crippen molar-refractivity contribution in [2.24, 2.45) is 0 Å². The topological polar surface area (TPSA) is 78.4 Å². The average Bonchev–Trinajstić information content (AvgIpc) is 2.46. The van der Waals surface area contributed by atoms with E-state index in [0.717, 1.165) is 24.9 Å². The third kappa shape index (κ3) is 2.85. The third-order valence-electron chi connectivity index (χ3n) is 3.15. The monoisotopic (exact) mass is 274 g/mol. The summed E-state index contributed by atoms with van der Waals surface area (Å²) in [6.07, 6.45) is 0.919.